The summed E-state index contributed by atoms with van der Waals surface area (Å²) < 4.78 is 7.91. The van der Waals surface area contributed by atoms with Gasteiger partial charge in [0.2, 0.25) is 5.91 Å². The molecule has 1 aliphatic rings. The second-order valence-electron chi connectivity index (χ2n) is 7.97. The Morgan fingerprint density at radius 1 is 1.03 bits per heavy atom. The van der Waals surface area contributed by atoms with Crippen LogP contribution in [0.5, 0.6) is 0 Å². The first-order chi connectivity index (χ1) is 14.1. The van der Waals surface area contributed by atoms with E-state index in [1.807, 2.05) is 53.1 Å². The minimum Gasteiger partial charge on any atom is -0.376 e. The van der Waals surface area contributed by atoms with Crippen molar-refractivity contribution in [1.82, 2.24) is 9.88 Å². The molecule has 0 spiro atoms. The standard InChI is InChI=1S/C24H28N2O3/c1-17-8-2-7-13-22(17)29-15-14-25-23(27)16-26-20-11-5-3-9-18(20)24(28)19-10-4-6-12-21(19)26/h3-6,9-12,17,22H,2,7-8,13-16H2,1H3,(H,25,27). The van der Waals surface area contributed by atoms with Crippen LogP contribution in [0.4, 0.5) is 0 Å². The van der Waals surface area contributed by atoms with Gasteiger partial charge in [-0.25, -0.2) is 0 Å². The molecular weight excluding hydrogens is 364 g/mol. The third-order valence-electron chi connectivity index (χ3n) is 5.97. The van der Waals surface area contributed by atoms with Gasteiger partial charge < -0.3 is 14.6 Å². The number of benzene rings is 2. The van der Waals surface area contributed by atoms with Gasteiger partial charge >= 0.3 is 0 Å². The predicted molar refractivity (Wildman–Crippen MR) is 116 cm³/mol. The molecule has 1 amide bonds. The topological polar surface area (TPSA) is 60.3 Å². The fourth-order valence-corrected chi connectivity index (χ4v) is 4.38. The molecule has 0 saturated heterocycles. The van der Waals surface area contributed by atoms with E-state index in [1.165, 1.54) is 19.3 Å². The number of ether oxygens (including phenoxy) is 1. The summed E-state index contributed by atoms with van der Waals surface area (Å²) in [5.41, 5.74) is 1.56. The zero-order valence-corrected chi connectivity index (χ0v) is 16.9. The average molecular weight is 392 g/mol. The van der Waals surface area contributed by atoms with E-state index >= 15 is 0 Å². The predicted octanol–water partition coefficient (Wildman–Crippen LogP) is 3.87. The summed E-state index contributed by atoms with van der Waals surface area (Å²) >= 11 is 0. The summed E-state index contributed by atoms with van der Waals surface area (Å²) in [7, 11) is 0. The number of hydrogen-bond acceptors (Lipinski definition) is 3. The fraction of sp³-hybridized carbons (Fsp3) is 0.417. The molecule has 29 heavy (non-hydrogen) atoms. The van der Waals surface area contributed by atoms with Crippen molar-refractivity contribution in [2.45, 2.75) is 45.3 Å². The minimum absolute atomic E-state index is 0.00265. The van der Waals surface area contributed by atoms with E-state index in [4.69, 9.17) is 4.74 Å². The number of pyridine rings is 1. The fourth-order valence-electron chi connectivity index (χ4n) is 4.38. The van der Waals surface area contributed by atoms with E-state index in [0.29, 0.717) is 35.9 Å². The van der Waals surface area contributed by atoms with Gasteiger partial charge in [0.15, 0.2) is 5.43 Å². The maximum Gasteiger partial charge on any atom is 0.240 e. The average Bonchev–Trinajstić information content (AvgIpc) is 2.75. The molecule has 1 saturated carbocycles. The largest absolute Gasteiger partial charge is 0.376 e. The van der Waals surface area contributed by atoms with Crippen molar-refractivity contribution < 1.29 is 9.53 Å². The maximum atomic E-state index is 12.8. The summed E-state index contributed by atoms with van der Waals surface area (Å²) in [6.07, 6.45) is 5.17. The number of carbonyl (C=O) groups excluding carboxylic acids is 1. The number of aromatic nitrogens is 1. The third kappa shape index (κ3) is 4.20. The van der Waals surface area contributed by atoms with Gasteiger partial charge in [-0.15, -0.1) is 0 Å². The highest BCUT2D eigenvalue weighted by atomic mass is 16.5. The highest BCUT2D eigenvalue weighted by molar-refractivity contribution is 5.94. The molecule has 1 heterocycles. The molecule has 152 valence electrons. The van der Waals surface area contributed by atoms with E-state index in [-0.39, 0.29) is 17.9 Å². The van der Waals surface area contributed by atoms with Crippen molar-refractivity contribution in [3.05, 3.63) is 58.8 Å². The Labute approximate surface area is 170 Å². The van der Waals surface area contributed by atoms with Crippen LogP contribution in [0.1, 0.15) is 32.6 Å². The van der Waals surface area contributed by atoms with Crippen LogP contribution in [-0.2, 0) is 16.1 Å². The highest BCUT2D eigenvalue weighted by Gasteiger charge is 2.21. The zero-order valence-electron chi connectivity index (χ0n) is 16.9. The number of nitrogens with zero attached hydrogens (tertiary/aromatic N) is 1. The van der Waals surface area contributed by atoms with Crippen LogP contribution in [0.15, 0.2) is 53.3 Å². The summed E-state index contributed by atoms with van der Waals surface area (Å²) in [5.74, 6) is 0.516. The van der Waals surface area contributed by atoms with Gasteiger partial charge in [0, 0.05) is 17.3 Å². The van der Waals surface area contributed by atoms with Gasteiger partial charge in [-0.1, -0.05) is 44.0 Å². The van der Waals surface area contributed by atoms with E-state index < -0.39 is 0 Å². The van der Waals surface area contributed by atoms with Gasteiger partial charge in [0.1, 0.15) is 6.54 Å². The SMILES string of the molecule is CC1CCCCC1OCCNC(=O)Cn1c2ccccc2c(=O)c2ccccc21. The molecule has 0 bridgehead atoms. The Bertz CT molecular complexity index is 1010. The molecule has 1 fully saturated rings. The van der Waals surface area contributed by atoms with Crippen LogP contribution in [0.2, 0.25) is 0 Å². The molecule has 5 heteroatoms. The Morgan fingerprint density at radius 2 is 1.66 bits per heavy atom. The summed E-state index contributed by atoms with van der Waals surface area (Å²) in [6, 6.07) is 14.9. The Morgan fingerprint density at radius 3 is 2.31 bits per heavy atom. The number of fused-ring (bicyclic) bond motifs is 2. The summed E-state index contributed by atoms with van der Waals surface area (Å²) in [5, 5.41) is 4.23. The van der Waals surface area contributed by atoms with E-state index in [2.05, 4.69) is 12.2 Å². The van der Waals surface area contributed by atoms with Crippen LogP contribution in [-0.4, -0.2) is 29.7 Å². The van der Waals surface area contributed by atoms with Gasteiger partial charge in [0.25, 0.3) is 0 Å². The van der Waals surface area contributed by atoms with Crippen LogP contribution in [0, 0.1) is 5.92 Å². The van der Waals surface area contributed by atoms with Gasteiger partial charge in [0.05, 0.1) is 23.7 Å². The van der Waals surface area contributed by atoms with E-state index in [0.717, 1.165) is 17.5 Å². The summed E-state index contributed by atoms with van der Waals surface area (Å²) in [4.78, 5) is 25.4. The van der Waals surface area contributed by atoms with Crippen LogP contribution < -0.4 is 10.7 Å². The van der Waals surface area contributed by atoms with Crippen LogP contribution in [0.25, 0.3) is 21.8 Å². The number of hydrogen-bond donors (Lipinski definition) is 1. The molecule has 5 nitrogen and oxygen atoms in total. The number of amides is 1. The molecule has 1 aromatic heterocycles. The Kier molecular flexibility index (Phi) is 5.95. The van der Waals surface area contributed by atoms with E-state index in [9.17, 15) is 9.59 Å². The minimum atomic E-state index is -0.0794. The molecule has 2 aromatic carbocycles. The maximum absolute atomic E-state index is 12.8. The van der Waals surface area contributed by atoms with Crippen LogP contribution >= 0.6 is 0 Å². The number of para-hydroxylation sites is 2. The number of nitrogens with one attached hydrogen (secondary N) is 1. The molecule has 2 atom stereocenters. The molecule has 1 aliphatic carbocycles. The lowest BCUT2D eigenvalue weighted by Crippen LogP contribution is -2.33. The molecule has 3 aromatic rings. The zero-order chi connectivity index (χ0) is 20.2. The van der Waals surface area contributed by atoms with Gasteiger partial charge in [-0.05, 0) is 43.0 Å². The second-order valence-corrected chi connectivity index (χ2v) is 7.97. The van der Waals surface area contributed by atoms with Gasteiger partial charge in [-0.2, -0.15) is 0 Å². The number of carbonyl (C=O) groups is 1. The van der Waals surface area contributed by atoms with E-state index in [1.54, 1.807) is 0 Å². The van der Waals surface area contributed by atoms with Gasteiger partial charge in [-0.3, -0.25) is 9.59 Å². The van der Waals surface area contributed by atoms with Crippen molar-refractivity contribution in [2.24, 2.45) is 5.92 Å². The van der Waals surface area contributed by atoms with Crippen LogP contribution in [0.3, 0.4) is 0 Å². The Hall–Kier alpha value is -2.66. The molecule has 1 N–H and O–H groups in total. The smallest absolute Gasteiger partial charge is 0.240 e. The lowest BCUT2D eigenvalue weighted by Gasteiger charge is -2.28. The first-order valence-electron chi connectivity index (χ1n) is 10.5. The third-order valence-corrected chi connectivity index (χ3v) is 5.97. The highest BCUT2D eigenvalue weighted by Crippen LogP contribution is 2.26. The molecule has 0 aliphatic heterocycles. The van der Waals surface area contributed by atoms with Crippen molar-refractivity contribution in [2.75, 3.05) is 13.2 Å². The lowest BCUT2D eigenvalue weighted by molar-refractivity contribution is -0.122. The first kappa shape index (κ1) is 19.6. The normalized spacial score (nSPS) is 19.5. The molecular formula is C24H28N2O3. The van der Waals surface area contributed by atoms with Crippen molar-refractivity contribution in [3.63, 3.8) is 0 Å². The summed E-state index contributed by atoms with van der Waals surface area (Å²) in [6.45, 7) is 3.45. The quantitative estimate of drug-likeness (QED) is 0.512. The van der Waals surface area contributed by atoms with Crippen molar-refractivity contribution in [1.29, 1.82) is 0 Å². The first-order valence-corrected chi connectivity index (χ1v) is 10.5. The molecule has 0 radical (unpaired) electrons. The molecule has 2 unspecified atom stereocenters. The van der Waals surface area contributed by atoms with Crippen molar-refractivity contribution >= 4 is 27.7 Å². The number of rotatable bonds is 6. The van der Waals surface area contributed by atoms with Crippen molar-refractivity contribution in [3.8, 4) is 0 Å². The Balaban J connectivity index is 1.46. The molecule has 4 rings (SSSR count). The second kappa shape index (κ2) is 8.78. The monoisotopic (exact) mass is 392 g/mol. The lowest BCUT2D eigenvalue weighted by atomic mass is 9.88.